The van der Waals surface area contributed by atoms with Gasteiger partial charge in [-0.05, 0) is 25.7 Å². The van der Waals surface area contributed by atoms with Gasteiger partial charge in [0.15, 0.2) is 0 Å². The van der Waals surface area contributed by atoms with E-state index in [1.807, 2.05) is 14.0 Å². The number of hydrogen-bond acceptors (Lipinski definition) is 3. The predicted octanol–water partition coefficient (Wildman–Crippen LogP) is 1.01. The van der Waals surface area contributed by atoms with E-state index in [1.165, 1.54) is 19.3 Å². The highest BCUT2D eigenvalue weighted by atomic mass is 16.5. The van der Waals surface area contributed by atoms with Gasteiger partial charge in [-0.15, -0.1) is 0 Å². The van der Waals surface area contributed by atoms with Gasteiger partial charge in [-0.2, -0.15) is 0 Å². The molecular formula is C13H22N2O4. The number of amides is 2. The molecule has 2 aliphatic rings. The molecule has 6 nitrogen and oxygen atoms in total. The van der Waals surface area contributed by atoms with Crippen molar-refractivity contribution < 1.29 is 19.4 Å². The fourth-order valence-electron chi connectivity index (χ4n) is 2.61. The molecular weight excluding hydrogens is 248 g/mol. The molecule has 108 valence electrons. The quantitative estimate of drug-likeness (QED) is 0.809. The molecule has 1 saturated heterocycles. The summed E-state index contributed by atoms with van der Waals surface area (Å²) in [6, 6.07) is 0.0169. The molecule has 2 rings (SSSR count). The molecule has 0 atom stereocenters. The van der Waals surface area contributed by atoms with Gasteiger partial charge in [0.2, 0.25) is 0 Å². The van der Waals surface area contributed by atoms with Crippen LogP contribution in [0.15, 0.2) is 0 Å². The second kappa shape index (κ2) is 5.36. The van der Waals surface area contributed by atoms with E-state index in [0.717, 1.165) is 6.54 Å². The van der Waals surface area contributed by atoms with Gasteiger partial charge in [-0.25, -0.2) is 9.59 Å². The van der Waals surface area contributed by atoms with Crippen LogP contribution in [0.4, 0.5) is 4.79 Å². The molecule has 1 aliphatic heterocycles. The van der Waals surface area contributed by atoms with E-state index in [2.05, 4.69) is 0 Å². The minimum absolute atomic E-state index is 0.0169. The van der Waals surface area contributed by atoms with E-state index < -0.39 is 11.6 Å². The zero-order chi connectivity index (χ0) is 14.0. The molecule has 0 radical (unpaired) electrons. The van der Waals surface area contributed by atoms with Crippen molar-refractivity contribution in [2.45, 2.75) is 31.8 Å². The molecule has 0 bridgehead atoms. The van der Waals surface area contributed by atoms with Gasteiger partial charge >= 0.3 is 12.0 Å². The van der Waals surface area contributed by atoms with Crippen LogP contribution in [-0.2, 0) is 9.53 Å². The third-order valence-corrected chi connectivity index (χ3v) is 3.95. The number of likely N-dealkylation sites (tertiary alicyclic amines) is 1. The molecule has 0 aromatic heterocycles. The third kappa shape index (κ3) is 3.37. The minimum Gasteiger partial charge on any atom is -0.480 e. The summed E-state index contributed by atoms with van der Waals surface area (Å²) < 4.78 is 5.29. The number of rotatable bonds is 5. The molecule has 0 aromatic rings. The molecule has 1 saturated carbocycles. The summed E-state index contributed by atoms with van der Waals surface area (Å²) in [4.78, 5) is 26.0. The highest BCUT2D eigenvalue weighted by Crippen LogP contribution is 2.29. The molecule has 0 spiro atoms. The number of nitrogens with zero attached hydrogens (tertiary/aromatic N) is 2. The number of aliphatic carboxylic acids is 1. The molecule has 1 heterocycles. The second-order valence-corrected chi connectivity index (χ2v) is 5.95. The van der Waals surface area contributed by atoms with Crippen molar-refractivity contribution in [2.75, 3.05) is 33.3 Å². The van der Waals surface area contributed by atoms with Crippen LogP contribution in [0.3, 0.4) is 0 Å². The van der Waals surface area contributed by atoms with Gasteiger partial charge in [0.25, 0.3) is 0 Å². The average Bonchev–Trinajstić information content (AvgIpc) is 2.26. The van der Waals surface area contributed by atoms with Gasteiger partial charge in [0.05, 0.1) is 13.1 Å². The number of ether oxygens (including phenoxy) is 1. The van der Waals surface area contributed by atoms with Crippen LogP contribution >= 0.6 is 0 Å². The largest absolute Gasteiger partial charge is 0.480 e. The first-order valence-electron chi connectivity index (χ1n) is 6.75. The zero-order valence-corrected chi connectivity index (χ0v) is 11.6. The van der Waals surface area contributed by atoms with E-state index in [1.54, 1.807) is 9.80 Å². The van der Waals surface area contributed by atoms with Gasteiger partial charge in [-0.3, -0.25) is 0 Å². The monoisotopic (exact) mass is 270 g/mol. The smallest absolute Gasteiger partial charge is 0.329 e. The van der Waals surface area contributed by atoms with Crippen LogP contribution in [0.5, 0.6) is 0 Å². The lowest BCUT2D eigenvalue weighted by molar-refractivity contribution is -0.160. The summed E-state index contributed by atoms with van der Waals surface area (Å²) in [5.74, 6) is -0.321. The Bertz CT molecular complexity index is 362. The predicted molar refractivity (Wildman–Crippen MR) is 68.9 cm³/mol. The summed E-state index contributed by atoms with van der Waals surface area (Å²) in [5.41, 5.74) is -0.509. The fourth-order valence-corrected chi connectivity index (χ4v) is 2.61. The summed E-state index contributed by atoms with van der Waals surface area (Å²) in [7, 11) is 1.83. The van der Waals surface area contributed by atoms with E-state index >= 15 is 0 Å². The number of hydrogen-bond donors (Lipinski definition) is 1. The fraction of sp³-hybridized carbons (Fsp3) is 0.846. The number of carboxylic acids is 1. The van der Waals surface area contributed by atoms with Gasteiger partial charge in [0.1, 0.15) is 12.2 Å². The highest BCUT2D eigenvalue weighted by Gasteiger charge is 2.43. The lowest BCUT2D eigenvalue weighted by atomic mass is 9.85. The number of carbonyl (C=O) groups excluding carboxylic acids is 1. The van der Waals surface area contributed by atoms with Gasteiger partial charge in [-0.1, -0.05) is 6.42 Å². The van der Waals surface area contributed by atoms with Crippen molar-refractivity contribution in [3.05, 3.63) is 0 Å². The van der Waals surface area contributed by atoms with Gasteiger partial charge < -0.3 is 19.6 Å². The zero-order valence-electron chi connectivity index (χ0n) is 11.6. The highest BCUT2D eigenvalue weighted by molar-refractivity contribution is 5.75. The standard InChI is InChI=1S/C13H22N2O4/c1-13(19-7-11(16)17)8-15(9-13)12(18)14(2)6-10-4-3-5-10/h10H,3-9H2,1-2H3,(H,16,17). The van der Waals surface area contributed by atoms with Gasteiger partial charge in [0, 0.05) is 13.6 Å². The SMILES string of the molecule is CN(CC1CCC1)C(=O)N1CC(C)(OCC(=O)O)C1. The Hall–Kier alpha value is -1.30. The van der Waals surface area contributed by atoms with E-state index in [0.29, 0.717) is 19.0 Å². The second-order valence-electron chi connectivity index (χ2n) is 5.95. The van der Waals surface area contributed by atoms with E-state index in [4.69, 9.17) is 9.84 Å². The summed E-state index contributed by atoms with van der Waals surface area (Å²) in [6.45, 7) is 3.28. The molecule has 2 amide bonds. The van der Waals surface area contributed by atoms with Crippen molar-refractivity contribution in [3.63, 3.8) is 0 Å². The third-order valence-electron chi connectivity index (χ3n) is 3.95. The summed E-state index contributed by atoms with van der Waals surface area (Å²) >= 11 is 0. The Morgan fingerprint density at radius 2 is 2.05 bits per heavy atom. The maximum Gasteiger partial charge on any atom is 0.329 e. The van der Waals surface area contributed by atoms with Crippen molar-refractivity contribution >= 4 is 12.0 Å². The van der Waals surface area contributed by atoms with Crippen LogP contribution in [0.1, 0.15) is 26.2 Å². The first-order valence-corrected chi connectivity index (χ1v) is 6.75. The Balaban J connectivity index is 1.72. The van der Waals surface area contributed by atoms with Crippen LogP contribution in [0.25, 0.3) is 0 Å². The lowest BCUT2D eigenvalue weighted by Crippen LogP contribution is -2.65. The summed E-state index contributed by atoms with van der Waals surface area (Å²) in [6.07, 6.45) is 3.71. The van der Waals surface area contributed by atoms with Crippen LogP contribution in [-0.4, -0.2) is 65.8 Å². The molecule has 6 heteroatoms. The minimum atomic E-state index is -0.979. The van der Waals surface area contributed by atoms with Crippen molar-refractivity contribution in [1.82, 2.24) is 9.80 Å². The van der Waals surface area contributed by atoms with Crippen molar-refractivity contribution in [2.24, 2.45) is 5.92 Å². The van der Waals surface area contributed by atoms with E-state index in [-0.39, 0.29) is 12.6 Å². The average molecular weight is 270 g/mol. The Labute approximate surface area is 113 Å². The number of urea groups is 1. The molecule has 0 unspecified atom stereocenters. The normalized spacial score (nSPS) is 21.5. The van der Waals surface area contributed by atoms with Crippen molar-refractivity contribution in [1.29, 1.82) is 0 Å². The summed E-state index contributed by atoms with van der Waals surface area (Å²) in [5, 5.41) is 8.58. The van der Waals surface area contributed by atoms with Crippen LogP contribution in [0.2, 0.25) is 0 Å². The lowest BCUT2D eigenvalue weighted by Gasteiger charge is -2.48. The molecule has 1 aliphatic carbocycles. The molecule has 2 fully saturated rings. The first kappa shape index (κ1) is 14.1. The Morgan fingerprint density at radius 3 is 2.53 bits per heavy atom. The number of carbonyl (C=O) groups is 2. The topological polar surface area (TPSA) is 70.1 Å². The molecule has 19 heavy (non-hydrogen) atoms. The maximum atomic E-state index is 12.1. The molecule has 0 aromatic carbocycles. The Morgan fingerprint density at radius 1 is 1.42 bits per heavy atom. The first-order chi connectivity index (χ1) is 8.89. The molecule has 1 N–H and O–H groups in total. The van der Waals surface area contributed by atoms with E-state index in [9.17, 15) is 9.59 Å². The maximum absolute atomic E-state index is 12.1. The number of carboxylic acid groups (broad SMARTS) is 1. The van der Waals surface area contributed by atoms with Crippen LogP contribution in [0, 0.1) is 5.92 Å². The van der Waals surface area contributed by atoms with Crippen LogP contribution < -0.4 is 0 Å². The Kier molecular flexibility index (Phi) is 3.99. The van der Waals surface area contributed by atoms with Crippen molar-refractivity contribution in [3.8, 4) is 0 Å².